The van der Waals surface area contributed by atoms with E-state index in [9.17, 15) is 26.7 Å². The molecule has 1 atom stereocenters. The summed E-state index contributed by atoms with van der Waals surface area (Å²) in [7, 11) is 0. The molecule has 0 N–H and O–H groups in total. The second-order valence-corrected chi connectivity index (χ2v) is 4.91. The lowest BCUT2D eigenvalue weighted by molar-refractivity contribution is -0.275. The SMILES string of the molecule is CC(Br)C(=O)c1cccc(OC(F)F)c1OC(F)(F)F. The molecule has 0 amide bonds. The van der Waals surface area contributed by atoms with Crippen molar-refractivity contribution >= 4 is 21.7 Å². The number of hydrogen-bond donors (Lipinski definition) is 0. The Morgan fingerprint density at radius 3 is 2.35 bits per heavy atom. The van der Waals surface area contributed by atoms with Crippen molar-refractivity contribution < 1.29 is 36.2 Å². The Morgan fingerprint density at radius 1 is 1.30 bits per heavy atom. The van der Waals surface area contributed by atoms with E-state index in [-0.39, 0.29) is 0 Å². The summed E-state index contributed by atoms with van der Waals surface area (Å²) in [6.07, 6.45) is -5.15. The van der Waals surface area contributed by atoms with E-state index >= 15 is 0 Å². The minimum absolute atomic E-state index is 0.509. The van der Waals surface area contributed by atoms with Crippen molar-refractivity contribution in [2.24, 2.45) is 0 Å². The van der Waals surface area contributed by atoms with Crippen LogP contribution in [0.1, 0.15) is 17.3 Å². The van der Waals surface area contributed by atoms with Gasteiger partial charge in [-0.15, -0.1) is 13.2 Å². The largest absolute Gasteiger partial charge is 0.573 e. The summed E-state index contributed by atoms with van der Waals surface area (Å²) in [5, 5.41) is 0. The van der Waals surface area contributed by atoms with Gasteiger partial charge in [-0.25, -0.2) is 0 Å². The van der Waals surface area contributed by atoms with E-state index in [1.165, 1.54) is 6.92 Å². The number of benzene rings is 1. The van der Waals surface area contributed by atoms with Gasteiger partial charge in [0.1, 0.15) is 0 Å². The van der Waals surface area contributed by atoms with E-state index in [0.717, 1.165) is 18.2 Å². The number of Topliss-reactive ketones (excluding diaryl/α,β-unsaturated/α-hetero) is 1. The molecule has 0 fully saturated rings. The van der Waals surface area contributed by atoms with Crippen LogP contribution >= 0.6 is 15.9 Å². The van der Waals surface area contributed by atoms with E-state index in [1.54, 1.807) is 0 Å². The second-order valence-electron chi connectivity index (χ2n) is 3.54. The summed E-state index contributed by atoms with van der Waals surface area (Å²) in [4.78, 5) is 10.9. The van der Waals surface area contributed by atoms with Crippen molar-refractivity contribution in [1.29, 1.82) is 0 Å². The smallest absolute Gasteiger partial charge is 0.431 e. The molecule has 0 saturated heterocycles. The highest BCUT2D eigenvalue weighted by molar-refractivity contribution is 9.10. The van der Waals surface area contributed by atoms with Crippen molar-refractivity contribution in [1.82, 2.24) is 0 Å². The van der Waals surface area contributed by atoms with E-state index in [4.69, 9.17) is 0 Å². The summed E-state index contributed by atoms with van der Waals surface area (Å²) in [5.74, 6) is -2.71. The zero-order chi connectivity index (χ0) is 15.5. The van der Waals surface area contributed by atoms with Crippen LogP contribution in [0, 0.1) is 0 Å². The van der Waals surface area contributed by atoms with Crippen LogP contribution in [0.4, 0.5) is 22.0 Å². The molecule has 0 aliphatic heterocycles. The number of halogens is 6. The summed E-state index contributed by atoms with van der Waals surface area (Å²) in [5.41, 5.74) is -0.509. The van der Waals surface area contributed by atoms with Crippen LogP contribution in [0.25, 0.3) is 0 Å². The number of alkyl halides is 6. The molecule has 9 heteroatoms. The molecule has 1 rings (SSSR count). The number of carbonyl (C=O) groups excluding carboxylic acids is 1. The lowest BCUT2D eigenvalue weighted by atomic mass is 10.1. The van der Waals surface area contributed by atoms with Gasteiger partial charge in [-0.1, -0.05) is 22.0 Å². The maximum absolute atomic E-state index is 12.3. The van der Waals surface area contributed by atoms with Gasteiger partial charge in [0.25, 0.3) is 0 Å². The summed E-state index contributed by atoms with van der Waals surface area (Å²) in [6.45, 7) is -1.97. The highest BCUT2D eigenvalue weighted by atomic mass is 79.9. The normalized spacial score (nSPS) is 13.2. The van der Waals surface area contributed by atoms with Gasteiger partial charge in [-0.05, 0) is 19.1 Å². The average Bonchev–Trinajstić information content (AvgIpc) is 2.27. The molecular formula is C11H8BrF5O3. The fourth-order valence-corrected chi connectivity index (χ4v) is 1.58. The predicted molar refractivity (Wildman–Crippen MR) is 62.5 cm³/mol. The van der Waals surface area contributed by atoms with Crippen LogP contribution in [0.2, 0.25) is 0 Å². The molecule has 0 spiro atoms. The molecule has 112 valence electrons. The second kappa shape index (κ2) is 6.38. The molecule has 0 bridgehead atoms. The molecule has 0 heterocycles. The Morgan fingerprint density at radius 2 is 1.90 bits per heavy atom. The van der Waals surface area contributed by atoms with Crippen LogP contribution in [-0.2, 0) is 0 Å². The molecule has 0 aliphatic rings. The van der Waals surface area contributed by atoms with Crippen LogP contribution in [0.3, 0.4) is 0 Å². The van der Waals surface area contributed by atoms with Gasteiger partial charge >= 0.3 is 13.0 Å². The van der Waals surface area contributed by atoms with Gasteiger partial charge in [0.05, 0.1) is 10.4 Å². The summed E-state index contributed by atoms with van der Waals surface area (Å²) < 4.78 is 68.9. The van der Waals surface area contributed by atoms with Crippen LogP contribution in [0.5, 0.6) is 11.5 Å². The van der Waals surface area contributed by atoms with Gasteiger partial charge in [0.15, 0.2) is 17.3 Å². The number of carbonyl (C=O) groups is 1. The fraction of sp³-hybridized carbons (Fsp3) is 0.364. The molecule has 0 radical (unpaired) electrons. The van der Waals surface area contributed by atoms with Gasteiger partial charge in [0.2, 0.25) is 0 Å². The molecule has 3 nitrogen and oxygen atoms in total. The Kier molecular flexibility index (Phi) is 5.32. The molecule has 1 aromatic rings. The van der Waals surface area contributed by atoms with Gasteiger partial charge in [0, 0.05) is 0 Å². The summed E-state index contributed by atoms with van der Waals surface area (Å²) in [6, 6.07) is 2.99. The quantitative estimate of drug-likeness (QED) is 0.448. The molecule has 1 unspecified atom stereocenters. The first-order valence-electron chi connectivity index (χ1n) is 5.13. The zero-order valence-corrected chi connectivity index (χ0v) is 11.5. The average molecular weight is 363 g/mol. The van der Waals surface area contributed by atoms with E-state index in [2.05, 4.69) is 25.4 Å². The Bertz CT molecular complexity index is 487. The third-order valence-corrected chi connectivity index (χ3v) is 2.46. The predicted octanol–water partition coefficient (Wildman–Crippen LogP) is 4.15. The molecule has 20 heavy (non-hydrogen) atoms. The third-order valence-electron chi connectivity index (χ3n) is 2.04. The number of para-hydroxylation sites is 1. The number of ether oxygens (including phenoxy) is 2. The zero-order valence-electron chi connectivity index (χ0n) is 9.88. The molecule has 0 aromatic heterocycles. The standard InChI is InChI=1S/C11H8BrF5O3/c1-5(12)8(18)6-3-2-4-7(19-10(13)14)9(6)20-11(15,16)17/h2-5,10H,1H3. The minimum atomic E-state index is -5.15. The Hall–Kier alpha value is -1.38. The van der Waals surface area contributed by atoms with Gasteiger partial charge in [-0.3, -0.25) is 4.79 Å². The van der Waals surface area contributed by atoms with E-state index in [1.807, 2.05) is 0 Å². The van der Waals surface area contributed by atoms with Crippen molar-refractivity contribution in [3.63, 3.8) is 0 Å². The Labute approximate surface area is 118 Å². The summed E-state index contributed by atoms with van der Waals surface area (Å²) >= 11 is 2.89. The molecular weight excluding hydrogens is 355 g/mol. The highest BCUT2D eigenvalue weighted by Gasteiger charge is 2.35. The highest BCUT2D eigenvalue weighted by Crippen LogP contribution is 2.37. The lowest BCUT2D eigenvalue weighted by Gasteiger charge is -2.17. The van der Waals surface area contributed by atoms with Crippen LogP contribution < -0.4 is 9.47 Å². The third kappa shape index (κ3) is 4.62. The van der Waals surface area contributed by atoms with Crippen LogP contribution in [0.15, 0.2) is 18.2 Å². The number of rotatable bonds is 5. The number of ketones is 1. The Balaban J connectivity index is 3.32. The van der Waals surface area contributed by atoms with Gasteiger partial charge in [-0.2, -0.15) is 8.78 Å². The van der Waals surface area contributed by atoms with Crippen LogP contribution in [-0.4, -0.2) is 23.6 Å². The van der Waals surface area contributed by atoms with Crippen molar-refractivity contribution in [2.75, 3.05) is 0 Å². The first kappa shape index (κ1) is 16.7. The van der Waals surface area contributed by atoms with Crippen molar-refractivity contribution in [3.8, 4) is 11.5 Å². The lowest BCUT2D eigenvalue weighted by Crippen LogP contribution is -2.21. The molecule has 0 aliphatic carbocycles. The monoisotopic (exact) mass is 362 g/mol. The van der Waals surface area contributed by atoms with E-state index < -0.39 is 40.6 Å². The topological polar surface area (TPSA) is 35.5 Å². The number of hydrogen-bond acceptors (Lipinski definition) is 3. The fourth-order valence-electron chi connectivity index (χ4n) is 1.33. The minimum Gasteiger partial charge on any atom is -0.431 e. The van der Waals surface area contributed by atoms with E-state index in [0.29, 0.717) is 0 Å². The molecule has 1 aromatic carbocycles. The maximum atomic E-state index is 12.3. The maximum Gasteiger partial charge on any atom is 0.573 e. The van der Waals surface area contributed by atoms with Crippen molar-refractivity contribution in [2.45, 2.75) is 24.7 Å². The van der Waals surface area contributed by atoms with Crippen molar-refractivity contribution in [3.05, 3.63) is 23.8 Å². The first-order valence-corrected chi connectivity index (χ1v) is 6.05. The van der Waals surface area contributed by atoms with Gasteiger partial charge < -0.3 is 9.47 Å². The first-order chi connectivity index (χ1) is 9.11. The molecule has 0 saturated carbocycles.